The molecule has 15 nitrogen and oxygen atoms in total. The van der Waals surface area contributed by atoms with Crippen molar-refractivity contribution in [2.24, 2.45) is 0 Å². The molecule has 0 fully saturated rings. The predicted molar refractivity (Wildman–Crippen MR) is 272 cm³/mol. The average Bonchev–Trinajstić information content (AvgIpc) is 3.27. The molecule has 0 radical (unpaired) electrons. The number of hydrogen-bond acceptors (Lipinski definition) is 9. The SMILES string of the molecule is CC(C)(C)OC(=O)Nc1ccc(NC(=O)c2ccc(F)cc2)cc1.CC(C)(C)OC(=O)Nc1ccc(NC(=O)c2cccc(F)c2)cc1.CC(C)(C)OC(=O)Nc1ccc(NC(=O)c2ccccc2F)cc1. The lowest BCUT2D eigenvalue weighted by atomic mass is 10.2. The van der Waals surface area contributed by atoms with Crippen molar-refractivity contribution in [3.8, 4) is 0 Å². The highest BCUT2D eigenvalue weighted by molar-refractivity contribution is 6.06. The van der Waals surface area contributed by atoms with Gasteiger partial charge in [-0.2, -0.15) is 0 Å². The van der Waals surface area contributed by atoms with Crippen LogP contribution < -0.4 is 31.9 Å². The molecule has 6 N–H and O–H groups in total. The third kappa shape index (κ3) is 20.9. The van der Waals surface area contributed by atoms with Crippen molar-refractivity contribution in [2.45, 2.75) is 79.1 Å². The van der Waals surface area contributed by atoms with Gasteiger partial charge in [-0.3, -0.25) is 30.3 Å². The molecule has 6 aromatic rings. The van der Waals surface area contributed by atoms with Gasteiger partial charge in [0.05, 0.1) is 5.56 Å². The molecule has 0 saturated heterocycles. The van der Waals surface area contributed by atoms with E-state index in [1.165, 1.54) is 60.7 Å². The van der Waals surface area contributed by atoms with Crippen LogP contribution in [0.2, 0.25) is 0 Å². The topological polar surface area (TPSA) is 202 Å². The number of carbonyl (C=O) groups is 6. The minimum Gasteiger partial charge on any atom is -0.444 e. The van der Waals surface area contributed by atoms with E-state index in [9.17, 15) is 41.9 Å². The molecule has 0 aliphatic heterocycles. The second-order valence-corrected chi connectivity index (χ2v) is 18.5. The van der Waals surface area contributed by atoms with Gasteiger partial charge in [0.25, 0.3) is 17.7 Å². The first-order valence-corrected chi connectivity index (χ1v) is 22.2. The summed E-state index contributed by atoms with van der Waals surface area (Å²) in [5, 5.41) is 15.7. The highest BCUT2D eigenvalue weighted by Crippen LogP contribution is 2.20. The first-order valence-electron chi connectivity index (χ1n) is 22.2. The molecule has 378 valence electrons. The largest absolute Gasteiger partial charge is 0.444 e. The number of nitrogens with one attached hydrogen (secondary N) is 6. The van der Waals surface area contributed by atoms with Gasteiger partial charge in [-0.25, -0.2) is 27.6 Å². The predicted octanol–water partition coefficient (Wildman–Crippen LogP) is 13.3. The number of hydrogen-bond donors (Lipinski definition) is 6. The Labute approximate surface area is 415 Å². The van der Waals surface area contributed by atoms with Crippen LogP contribution in [0.15, 0.2) is 146 Å². The first-order chi connectivity index (χ1) is 33.7. The molecule has 0 heterocycles. The second-order valence-electron chi connectivity index (χ2n) is 18.5. The molecule has 18 heteroatoms. The summed E-state index contributed by atoms with van der Waals surface area (Å²) in [6.45, 7) is 16.0. The summed E-state index contributed by atoms with van der Waals surface area (Å²) in [5.74, 6) is -2.76. The summed E-state index contributed by atoms with van der Waals surface area (Å²) in [7, 11) is 0. The van der Waals surface area contributed by atoms with Gasteiger partial charge in [0.15, 0.2) is 0 Å². The molecule has 72 heavy (non-hydrogen) atoms. The van der Waals surface area contributed by atoms with E-state index in [0.717, 1.165) is 6.07 Å². The van der Waals surface area contributed by atoms with Gasteiger partial charge < -0.3 is 30.2 Å². The van der Waals surface area contributed by atoms with Crippen LogP contribution in [0.4, 0.5) is 61.7 Å². The lowest BCUT2D eigenvalue weighted by molar-refractivity contribution is 0.0624. The maximum atomic E-state index is 13.6. The minimum atomic E-state index is -0.586. The van der Waals surface area contributed by atoms with Crippen LogP contribution in [0.1, 0.15) is 93.4 Å². The summed E-state index contributed by atoms with van der Waals surface area (Å²) in [6, 6.07) is 36.0. The van der Waals surface area contributed by atoms with Crippen molar-refractivity contribution in [3.05, 3.63) is 180 Å². The van der Waals surface area contributed by atoms with Crippen molar-refractivity contribution in [1.82, 2.24) is 0 Å². The van der Waals surface area contributed by atoms with E-state index < -0.39 is 64.3 Å². The monoisotopic (exact) mass is 990 g/mol. The van der Waals surface area contributed by atoms with E-state index in [1.54, 1.807) is 141 Å². The van der Waals surface area contributed by atoms with Gasteiger partial charge in [-0.05, 0) is 190 Å². The molecular formula is C54H57F3N6O9. The fourth-order valence-corrected chi connectivity index (χ4v) is 5.66. The summed E-state index contributed by atoms with van der Waals surface area (Å²) in [6.07, 6.45) is -1.67. The van der Waals surface area contributed by atoms with E-state index >= 15 is 0 Å². The zero-order valence-electron chi connectivity index (χ0n) is 41.2. The summed E-state index contributed by atoms with van der Waals surface area (Å²) >= 11 is 0. The molecule has 0 atom stereocenters. The molecule has 0 aromatic heterocycles. The Bertz CT molecular complexity index is 2810. The standard InChI is InChI=1S/3C18H19FN2O3/c1-18(2,3)24-17(23)21-15-10-8-14(9-11-15)20-16(22)12-4-6-13(19)7-5-12;1-18(2,3)24-17(23)21-15-9-7-14(8-10-15)20-16(22)12-5-4-6-13(19)11-12;1-18(2,3)24-17(23)21-13-10-8-12(9-11-13)20-16(22)14-6-4-5-7-15(14)19/h3*4-11H,1-3H3,(H,20,22)(H,21,23). The Balaban J connectivity index is 0.000000234. The number of rotatable bonds is 9. The zero-order valence-corrected chi connectivity index (χ0v) is 41.2. The molecule has 6 aromatic carbocycles. The summed E-state index contributed by atoms with van der Waals surface area (Å²) in [4.78, 5) is 71.1. The highest BCUT2D eigenvalue weighted by atomic mass is 19.1. The molecule has 6 amide bonds. The third-order valence-corrected chi connectivity index (χ3v) is 8.68. The van der Waals surface area contributed by atoms with Crippen LogP contribution in [-0.4, -0.2) is 52.8 Å². The van der Waals surface area contributed by atoms with Gasteiger partial charge >= 0.3 is 18.3 Å². The second kappa shape index (κ2) is 25.3. The van der Waals surface area contributed by atoms with E-state index in [1.807, 2.05) is 0 Å². The maximum absolute atomic E-state index is 13.6. The van der Waals surface area contributed by atoms with Gasteiger partial charge in [0.1, 0.15) is 34.3 Å². The number of halogens is 3. The van der Waals surface area contributed by atoms with Gasteiger partial charge in [-0.1, -0.05) is 18.2 Å². The smallest absolute Gasteiger partial charge is 0.412 e. The molecule has 0 unspecified atom stereocenters. The van der Waals surface area contributed by atoms with Crippen LogP contribution in [0.3, 0.4) is 0 Å². The maximum Gasteiger partial charge on any atom is 0.412 e. The molecule has 0 bridgehead atoms. The fourth-order valence-electron chi connectivity index (χ4n) is 5.66. The number of carbonyl (C=O) groups excluding carboxylic acids is 6. The first kappa shape index (κ1) is 55.9. The Morgan fingerprint density at radius 3 is 1.03 bits per heavy atom. The van der Waals surface area contributed by atoms with Crippen LogP contribution in [0, 0.1) is 17.5 Å². The Hall–Kier alpha value is -8.67. The Morgan fingerprint density at radius 1 is 0.347 bits per heavy atom. The lowest BCUT2D eigenvalue weighted by Gasteiger charge is -2.19. The van der Waals surface area contributed by atoms with E-state index in [-0.39, 0.29) is 17.0 Å². The van der Waals surface area contributed by atoms with Crippen LogP contribution in [0.25, 0.3) is 0 Å². The average molecular weight is 991 g/mol. The molecule has 0 spiro atoms. The van der Waals surface area contributed by atoms with Gasteiger partial charge in [-0.15, -0.1) is 0 Å². The van der Waals surface area contributed by atoms with Crippen molar-refractivity contribution in [2.75, 3.05) is 31.9 Å². The summed E-state index contributed by atoms with van der Waals surface area (Å²) < 4.78 is 55.0. The van der Waals surface area contributed by atoms with E-state index in [2.05, 4.69) is 31.9 Å². The highest BCUT2D eigenvalue weighted by Gasteiger charge is 2.19. The van der Waals surface area contributed by atoms with E-state index in [4.69, 9.17) is 14.2 Å². The van der Waals surface area contributed by atoms with Gasteiger partial charge in [0, 0.05) is 45.3 Å². The zero-order chi connectivity index (χ0) is 53.2. The molecule has 0 aliphatic carbocycles. The van der Waals surface area contributed by atoms with Crippen molar-refractivity contribution >= 4 is 70.1 Å². The normalized spacial score (nSPS) is 10.8. The van der Waals surface area contributed by atoms with Crippen molar-refractivity contribution < 1.29 is 56.1 Å². The number of benzene rings is 6. The molecule has 6 rings (SSSR count). The number of amides is 6. The minimum absolute atomic E-state index is 0.0338. The third-order valence-electron chi connectivity index (χ3n) is 8.68. The summed E-state index contributed by atoms with van der Waals surface area (Å²) in [5.41, 5.74) is 1.97. The van der Waals surface area contributed by atoms with Crippen molar-refractivity contribution in [1.29, 1.82) is 0 Å². The molecule has 0 saturated carbocycles. The Kier molecular flexibility index (Phi) is 19.6. The quantitative estimate of drug-likeness (QED) is 0.0762. The lowest BCUT2D eigenvalue weighted by Crippen LogP contribution is -2.27. The number of ether oxygens (including phenoxy) is 3. The van der Waals surface area contributed by atoms with E-state index in [0.29, 0.717) is 39.7 Å². The van der Waals surface area contributed by atoms with Crippen LogP contribution >= 0.6 is 0 Å². The van der Waals surface area contributed by atoms with Crippen molar-refractivity contribution in [3.63, 3.8) is 0 Å². The molecular weight excluding hydrogens is 934 g/mol. The van der Waals surface area contributed by atoms with Crippen LogP contribution in [-0.2, 0) is 14.2 Å². The van der Waals surface area contributed by atoms with Crippen LogP contribution in [0.5, 0.6) is 0 Å². The molecule has 0 aliphatic rings. The van der Waals surface area contributed by atoms with Gasteiger partial charge in [0.2, 0.25) is 0 Å². The Morgan fingerprint density at radius 2 is 0.681 bits per heavy atom. The fraction of sp³-hybridized carbons (Fsp3) is 0.222. The number of anilines is 6.